The maximum Gasteiger partial charge on any atom is 0.317 e. The number of carbonyl (C=O) groups excluding carboxylic acids is 1. The second kappa shape index (κ2) is 7.31. The minimum Gasteiger partial charge on any atom is -0.337 e. The lowest BCUT2D eigenvalue weighted by molar-refractivity contribution is 0.127. The van der Waals surface area contributed by atoms with Crippen molar-refractivity contribution >= 4 is 6.03 Å². The van der Waals surface area contributed by atoms with Gasteiger partial charge in [-0.1, -0.05) is 0 Å². The number of piperazine rings is 1. The monoisotopic (exact) mass is 320 g/mol. The van der Waals surface area contributed by atoms with E-state index >= 15 is 0 Å². The van der Waals surface area contributed by atoms with Crippen molar-refractivity contribution in [1.82, 2.24) is 29.6 Å². The summed E-state index contributed by atoms with van der Waals surface area (Å²) >= 11 is 0. The molecule has 2 aliphatic rings. The van der Waals surface area contributed by atoms with Crippen molar-refractivity contribution in [1.29, 1.82) is 0 Å². The Bertz CT molecular complexity index is 522. The zero-order chi connectivity index (χ0) is 16.2. The maximum atomic E-state index is 12.4. The van der Waals surface area contributed by atoms with Crippen LogP contribution in [0.1, 0.15) is 18.7 Å². The van der Waals surface area contributed by atoms with Crippen molar-refractivity contribution in [3.8, 4) is 0 Å². The number of hydrogen-bond acceptors (Lipinski definition) is 4. The van der Waals surface area contributed by atoms with Crippen molar-refractivity contribution < 1.29 is 4.79 Å². The van der Waals surface area contributed by atoms with Crippen molar-refractivity contribution in [3.63, 3.8) is 0 Å². The topological polar surface area (TPSA) is 56.6 Å². The van der Waals surface area contributed by atoms with Gasteiger partial charge in [0, 0.05) is 58.2 Å². The van der Waals surface area contributed by atoms with Crippen molar-refractivity contribution in [3.05, 3.63) is 18.2 Å². The van der Waals surface area contributed by atoms with E-state index in [-0.39, 0.29) is 6.03 Å². The molecule has 3 heterocycles. The van der Waals surface area contributed by atoms with Crippen LogP contribution in [0, 0.1) is 0 Å². The quantitative estimate of drug-likeness (QED) is 0.873. The number of imidazole rings is 1. The molecule has 1 aromatic heterocycles. The van der Waals surface area contributed by atoms with Crippen LogP contribution in [0.3, 0.4) is 0 Å². The van der Waals surface area contributed by atoms with Crippen LogP contribution in [0.15, 0.2) is 12.4 Å². The summed E-state index contributed by atoms with van der Waals surface area (Å²) < 4.78 is 2.05. The second-order valence-electron chi connectivity index (χ2n) is 6.77. The van der Waals surface area contributed by atoms with Gasteiger partial charge >= 0.3 is 6.03 Å². The second-order valence-corrected chi connectivity index (χ2v) is 6.77. The number of carbonyl (C=O) groups is 1. The number of nitrogens with one attached hydrogen (secondary N) is 1. The first-order valence-corrected chi connectivity index (χ1v) is 8.54. The van der Waals surface area contributed by atoms with Crippen LogP contribution in [0.2, 0.25) is 0 Å². The molecule has 2 amide bonds. The van der Waals surface area contributed by atoms with Crippen molar-refractivity contribution in [2.75, 3.05) is 46.3 Å². The number of nitrogens with zero attached hydrogens (tertiary/aromatic N) is 5. The molecular formula is C16H28N6O. The van der Waals surface area contributed by atoms with Gasteiger partial charge in [0.25, 0.3) is 0 Å². The summed E-state index contributed by atoms with van der Waals surface area (Å²) in [5.41, 5.74) is 0. The molecule has 1 N–H and O–H groups in total. The third-order valence-electron chi connectivity index (χ3n) is 4.90. The molecule has 0 spiro atoms. The van der Waals surface area contributed by atoms with Crippen molar-refractivity contribution in [2.24, 2.45) is 7.05 Å². The van der Waals surface area contributed by atoms with Gasteiger partial charge in [-0.25, -0.2) is 9.78 Å². The number of urea groups is 1. The van der Waals surface area contributed by atoms with Crippen LogP contribution in [0.4, 0.5) is 4.79 Å². The maximum absolute atomic E-state index is 12.4. The first-order chi connectivity index (χ1) is 11.1. The largest absolute Gasteiger partial charge is 0.337 e. The molecule has 7 nitrogen and oxygen atoms in total. The Labute approximate surface area is 138 Å². The summed E-state index contributed by atoms with van der Waals surface area (Å²) in [4.78, 5) is 23.4. The van der Waals surface area contributed by atoms with E-state index in [0.717, 1.165) is 58.1 Å². The molecule has 0 aromatic carbocycles. The lowest BCUT2D eigenvalue weighted by Gasteiger charge is -2.36. The minimum absolute atomic E-state index is 0.0990. The standard InChI is InChI=1S/C16H28N6O/c1-19-6-3-4-14(12-19)18-16(23)22-10-8-21(9-11-22)13-15-17-5-7-20(15)2/h5,7,14H,3-4,6,8-13H2,1-2H3,(H,18,23)/t14-/m0/s1. The third kappa shape index (κ3) is 4.23. The highest BCUT2D eigenvalue weighted by Gasteiger charge is 2.25. The smallest absolute Gasteiger partial charge is 0.317 e. The van der Waals surface area contributed by atoms with E-state index in [1.807, 2.05) is 24.3 Å². The lowest BCUT2D eigenvalue weighted by atomic mass is 10.1. The summed E-state index contributed by atoms with van der Waals surface area (Å²) in [7, 11) is 4.14. The number of aryl methyl sites for hydroxylation is 1. The highest BCUT2D eigenvalue weighted by molar-refractivity contribution is 5.74. The highest BCUT2D eigenvalue weighted by atomic mass is 16.2. The van der Waals surface area contributed by atoms with Gasteiger partial charge in [0.2, 0.25) is 0 Å². The number of amides is 2. The molecule has 2 saturated heterocycles. The van der Waals surface area contributed by atoms with Gasteiger partial charge in [0.15, 0.2) is 0 Å². The molecular weight excluding hydrogens is 292 g/mol. The van der Waals surface area contributed by atoms with Crippen LogP contribution < -0.4 is 5.32 Å². The molecule has 1 aromatic rings. The van der Waals surface area contributed by atoms with E-state index in [1.54, 1.807) is 0 Å². The molecule has 2 fully saturated rings. The van der Waals surface area contributed by atoms with Crippen LogP contribution >= 0.6 is 0 Å². The van der Waals surface area contributed by atoms with E-state index in [4.69, 9.17) is 0 Å². The molecule has 0 aliphatic carbocycles. The number of likely N-dealkylation sites (tertiary alicyclic amines) is 1. The van der Waals surface area contributed by atoms with Crippen LogP contribution in [-0.2, 0) is 13.6 Å². The molecule has 7 heteroatoms. The first-order valence-electron chi connectivity index (χ1n) is 8.54. The predicted octanol–water partition coefficient (Wildman–Crippen LogP) is 0.342. The van der Waals surface area contributed by atoms with Gasteiger partial charge in [-0.05, 0) is 26.4 Å². The summed E-state index contributed by atoms with van der Waals surface area (Å²) in [6.45, 7) is 6.35. The Morgan fingerprint density at radius 3 is 2.70 bits per heavy atom. The average Bonchev–Trinajstić information content (AvgIpc) is 2.93. The van der Waals surface area contributed by atoms with Crippen LogP contribution in [0.25, 0.3) is 0 Å². The van der Waals surface area contributed by atoms with Crippen LogP contribution in [0.5, 0.6) is 0 Å². The van der Waals surface area contributed by atoms with Gasteiger partial charge in [0.1, 0.15) is 5.82 Å². The zero-order valence-corrected chi connectivity index (χ0v) is 14.2. The molecule has 0 bridgehead atoms. The average molecular weight is 320 g/mol. The van der Waals surface area contributed by atoms with Crippen molar-refractivity contribution in [2.45, 2.75) is 25.4 Å². The Morgan fingerprint density at radius 1 is 1.26 bits per heavy atom. The lowest BCUT2D eigenvalue weighted by Crippen LogP contribution is -2.55. The molecule has 0 saturated carbocycles. The summed E-state index contributed by atoms with van der Waals surface area (Å²) in [6, 6.07) is 0.397. The number of aromatic nitrogens is 2. The van der Waals surface area contributed by atoms with Gasteiger partial charge in [-0.3, -0.25) is 4.90 Å². The normalized spacial score (nSPS) is 23.9. The highest BCUT2D eigenvalue weighted by Crippen LogP contribution is 2.10. The Morgan fingerprint density at radius 2 is 2.04 bits per heavy atom. The minimum atomic E-state index is 0.0990. The van der Waals surface area contributed by atoms with Gasteiger partial charge in [-0.2, -0.15) is 0 Å². The first kappa shape index (κ1) is 16.3. The number of rotatable bonds is 3. The number of hydrogen-bond donors (Lipinski definition) is 1. The van der Waals surface area contributed by atoms with E-state index in [1.165, 1.54) is 6.42 Å². The summed E-state index contributed by atoms with van der Waals surface area (Å²) in [5.74, 6) is 1.08. The molecule has 1 atom stereocenters. The van der Waals surface area contributed by atoms with E-state index < -0.39 is 0 Å². The Kier molecular flexibility index (Phi) is 5.17. The Balaban J connectivity index is 1.43. The number of likely N-dealkylation sites (N-methyl/N-ethyl adjacent to an activating group) is 1. The fourth-order valence-electron chi connectivity index (χ4n) is 3.41. The molecule has 2 aliphatic heterocycles. The molecule has 23 heavy (non-hydrogen) atoms. The number of piperidine rings is 1. The molecule has 3 rings (SSSR count). The zero-order valence-electron chi connectivity index (χ0n) is 14.2. The van der Waals surface area contributed by atoms with Gasteiger partial charge in [-0.15, -0.1) is 0 Å². The molecule has 0 radical (unpaired) electrons. The van der Waals surface area contributed by atoms with E-state index in [2.05, 4.69) is 31.7 Å². The predicted molar refractivity (Wildman–Crippen MR) is 89.1 cm³/mol. The fourth-order valence-corrected chi connectivity index (χ4v) is 3.41. The van der Waals surface area contributed by atoms with Gasteiger partial charge in [0.05, 0.1) is 6.54 Å². The van der Waals surface area contributed by atoms with Crippen LogP contribution in [-0.4, -0.2) is 82.6 Å². The Hall–Kier alpha value is -1.60. The van der Waals surface area contributed by atoms with Gasteiger partial charge < -0.3 is 19.7 Å². The molecule has 0 unspecified atom stereocenters. The summed E-state index contributed by atoms with van der Waals surface area (Å²) in [6.07, 6.45) is 6.06. The molecule has 128 valence electrons. The van der Waals surface area contributed by atoms with E-state index in [9.17, 15) is 4.79 Å². The SMILES string of the molecule is CN1CCC[C@H](NC(=O)N2CCN(Cc3nccn3C)CC2)C1. The third-order valence-corrected chi connectivity index (χ3v) is 4.90. The fraction of sp³-hybridized carbons (Fsp3) is 0.750. The van der Waals surface area contributed by atoms with E-state index in [0.29, 0.717) is 6.04 Å². The summed E-state index contributed by atoms with van der Waals surface area (Å²) in [5, 5.41) is 3.20.